The van der Waals surface area contributed by atoms with Crippen molar-refractivity contribution >= 4 is 31.9 Å². The van der Waals surface area contributed by atoms with Crippen LogP contribution < -0.4 is 5.73 Å². The Morgan fingerprint density at radius 3 is 2.62 bits per heavy atom. The van der Waals surface area contributed by atoms with Gasteiger partial charge < -0.3 is 5.73 Å². The normalized spacial score (nSPS) is 12.7. The van der Waals surface area contributed by atoms with Crippen molar-refractivity contribution in [3.05, 3.63) is 49.9 Å². The average molecular weight is 419 g/mol. The van der Waals surface area contributed by atoms with Crippen molar-refractivity contribution in [2.75, 3.05) is 0 Å². The molecule has 0 aliphatic heterocycles. The molecule has 2 N–H and O–H groups in total. The van der Waals surface area contributed by atoms with Gasteiger partial charge in [-0.3, -0.25) is 4.68 Å². The van der Waals surface area contributed by atoms with Crippen LogP contribution >= 0.6 is 31.9 Å². The molecule has 21 heavy (non-hydrogen) atoms. The van der Waals surface area contributed by atoms with Gasteiger partial charge in [-0.25, -0.2) is 4.39 Å². The fraction of sp³-hybridized carbons (Fsp3) is 0.400. The first kappa shape index (κ1) is 16.6. The Morgan fingerprint density at radius 1 is 1.33 bits per heavy atom. The van der Waals surface area contributed by atoms with Crippen molar-refractivity contribution in [2.24, 2.45) is 5.73 Å². The number of aromatic nitrogens is 2. The van der Waals surface area contributed by atoms with Crippen LogP contribution in [0, 0.1) is 5.82 Å². The SMILES string of the molecule is CCc1nn(CC)c(CC(N)c2ccc(F)cc2Br)c1Br. The predicted octanol–water partition coefficient (Wildman–Crippen LogP) is 4.37. The quantitative estimate of drug-likeness (QED) is 0.783. The first-order valence-corrected chi connectivity index (χ1v) is 8.51. The van der Waals surface area contributed by atoms with E-state index in [9.17, 15) is 4.39 Å². The topological polar surface area (TPSA) is 43.8 Å². The van der Waals surface area contributed by atoms with Crippen molar-refractivity contribution in [1.82, 2.24) is 9.78 Å². The third-order valence-electron chi connectivity index (χ3n) is 3.47. The van der Waals surface area contributed by atoms with Crippen LogP contribution in [-0.2, 0) is 19.4 Å². The summed E-state index contributed by atoms with van der Waals surface area (Å²) in [5.41, 5.74) is 9.32. The molecule has 0 amide bonds. The summed E-state index contributed by atoms with van der Waals surface area (Å²) in [5, 5.41) is 4.57. The van der Waals surface area contributed by atoms with Crippen LogP contribution in [0.1, 0.15) is 36.8 Å². The third kappa shape index (κ3) is 3.55. The molecule has 2 rings (SSSR count). The molecule has 0 saturated carbocycles. The molecule has 1 aromatic heterocycles. The van der Waals surface area contributed by atoms with Crippen molar-refractivity contribution in [3.63, 3.8) is 0 Å². The van der Waals surface area contributed by atoms with Gasteiger partial charge in [0.2, 0.25) is 0 Å². The fourth-order valence-electron chi connectivity index (χ4n) is 2.33. The van der Waals surface area contributed by atoms with E-state index in [0.717, 1.165) is 34.4 Å². The molecule has 0 fully saturated rings. The molecule has 2 aromatic rings. The Bertz CT molecular complexity index is 640. The number of hydrogen-bond acceptors (Lipinski definition) is 2. The smallest absolute Gasteiger partial charge is 0.124 e. The third-order valence-corrected chi connectivity index (χ3v) is 5.07. The van der Waals surface area contributed by atoms with Gasteiger partial charge >= 0.3 is 0 Å². The molecule has 0 bridgehead atoms. The summed E-state index contributed by atoms with van der Waals surface area (Å²) < 4.78 is 16.9. The van der Waals surface area contributed by atoms with Gasteiger partial charge in [0.1, 0.15) is 5.82 Å². The highest BCUT2D eigenvalue weighted by Crippen LogP contribution is 2.29. The highest BCUT2D eigenvalue weighted by molar-refractivity contribution is 9.10. The minimum absolute atomic E-state index is 0.219. The van der Waals surface area contributed by atoms with Gasteiger partial charge in [0.25, 0.3) is 0 Å². The molecule has 0 aliphatic carbocycles. The molecule has 6 heteroatoms. The number of rotatable bonds is 5. The summed E-state index contributed by atoms with van der Waals surface area (Å²) in [6.07, 6.45) is 1.52. The summed E-state index contributed by atoms with van der Waals surface area (Å²) in [6.45, 7) is 4.93. The lowest BCUT2D eigenvalue weighted by Crippen LogP contribution is -2.17. The molecule has 0 aliphatic rings. The molecule has 0 spiro atoms. The van der Waals surface area contributed by atoms with Crippen LogP contribution in [0.3, 0.4) is 0 Å². The van der Waals surface area contributed by atoms with Gasteiger partial charge in [-0.2, -0.15) is 5.10 Å². The zero-order chi connectivity index (χ0) is 15.6. The zero-order valence-electron chi connectivity index (χ0n) is 12.0. The standard InChI is InChI=1S/C15H18Br2FN3/c1-3-13-15(17)14(21(4-2)20-13)8-12(19)10-6-5-9(18)7-11(10)16/h5-7,12H,3-4,8,19H2,1-2H3. The van der Waals surface area contributed by atoms with E-state index < -0.39 is 0 Å². The van der Waals surface area contributed by atoms with E-state index in [1.165, 1.54) is 12.1 Å². The van der Waals surface area contributed by atoms with Crippen molar-refractivity contribution < 1.29 is 4.39 Å². The van der Waals surface area contributed by atoms with Gasteiger partial charge in [0.05, 0.1) is 15.9 Å². The minimum Gasteiger partial charge on any atom is -0.324 e. The number of nitrogens with zero attached hydrogens (tertiary/aromatic N) is 2. The maximum absolute atomic E-state index is 13.2. The van der Waals surface area contributed by atoms with Crippen LogP contribution in [0.15, 0.2) is 27.1 Å². The second-order valence-corrected chi connectivity index (χ2v) is 6.50. The van der Waals surface area contributed by atoms with Crippen LogP contribution in [0.4, 0.5) is 4.39 Å². The number of hydrogen-bond donors (Lipinski definition) is 1. The molecule has 1 aromatic carbocycles. The molecule has 1 unspecified atom stereocenters. The zero-order valence-corrected chi connectivity index (χ0v) is 15.2. The predicted molar refractivity (Wildman–Crippen MR) is 89.7 cm³/mol. The maximum atomic E-state index is 13.2. The first-order chi connectivity index (χ1) is 9.97. The number of nitrogens with two attached hydrogens (primary N) is 1. The van der Waals surface area contributed by atoms with Gasteiger partial charge in [0, 0.05) is 23.5 Å². The Kier molecular flexibility index (Phi) is 5.57. The van der Waals surface area contributed by atoms with E-state index in [1.54, 1.807) is 6.07 Å². The maximum Gasteiger partial charge on any atom is 0.124 e. The van der Waals surface area contributed by atoms with E-state index in [2.05, 4.69) is 50.8 Å². The summed E-state index contributed by atoms with van der Waals surface area (Å²) in [6, 6.07) is 4.39. The van der Waals surface area contributed by atoms with Crippen LogP contribution in [0.5, 0.6) is 0 Å². The summed E-state index contributed by atoms with van der Waals surface area (Å²) in [5.74, 6) is -0.272. The van der Waals surface area contributed by atoms with E-state index in [4.69, 9.17) is 5.73 Å². The number of aryl methyl sites for hydroxylation is 2. The lowest BCUT2D eigenvalue weighted by molar-refractivity contribution is 0.582. The fourth-order valence-corrected chi connectivity index (χ4v) is 3.70. The number of halogens is 3. The van der Waals surface area contributed by atoms with E-state index >= 15 is 0 Å². The Balaban J connectivity index is 2.31. The molecule has 114 valence electrons. The van der Waals surface area contributed by atoms with Gasteiger partial charge in [-0.1, -0.05) is 28.9 Å². The average Bonchev–Trinajstić information content (AvgIpc) is 2.75. The van der Waals surface area contributed by atoms with Gasteiger partial charge in [-0.15, -0.1) is 0 Å². The van der Waals surface area contributed by atoms with E-state index in [0.29, 0.717) is 10.9 Å². The summed E-state index contributed by atoms with van der Waals surface area (Å²) >= 11 is 7.00. The Hall–Kier alpha value is -0.720. The summed E-state index contributed by atoms with van der Waals surface area (Å²) in [7, 11) is 0. The molecular formula is C15H18Br2FN3. The van der Waals surface area contributed by atoms with Crippen LogP contribution in [0.2, 0.25) is 0 Å². The van der Waals surface area contributed by atoms with Crippen molar-refractivity contribution in [1.29, 1.82) is 0 Å². The second kappa shape index (κ2) is 7.03. The van der Waals surface area contributed by atoms with Crippen LogP contribution in [0.25, 0.3) is 0 Å². The molecule has 1 heterocycles. The molecule has 0 radical (unpaired) electrons. The van der Waals surface area contributed by atoms with Gasteiger partial charge in [0.15, 0.2) is 0 Å². The van der Waals surface area contributed by atoms with Crippen molar-refractivity contribution in [2.45, 2.75) is 39.3 Å². The highest BCUT2D eigenvalue weighted by Gasteiger charge is 2.19. The van der Waals surface area contributed by atoms with Crippen molar-refractivity contribution in [3.8, 4) is 0 Å². The highest BCUT2D eigenvalue weighted by atomic mass is 79.9. The lowest BCUT2D eigenvalue weighted by Gasteiger charge is -2.15. The first-order valence-electron chi connectivity index (χ1n) is 6.92. The minimum atomic E-state index is -0.272. The van der Waals surface area contributed by atoms with Crippen LogP contribution in [-0.4, -0.2) is 9.78 Å². The molecule has 3 nitrogen and oxygen atoms in total. The van der Waals surface area contributed by atoms with Gasteiger partial charge in [-0.05, 0) is 47.0 Å². The lowest BCUT2D eigenvalue weighted by atomic mass is 10.0. The Morgan fingerprint density at radius 2 is 2.05 bits per heavy atom. The Labute approximate surface area is 141 Å². The van der Waals surface area contributed by atoms with E-state index in [-0.39, 0.29) is 11.9 Å². The van der Waals surface area contributed by atoms with E-state index in [1.807, 2.05) is 4.68 Å². The second-order valence-electron chi connectivity index (χ2n) is 4.85. The molecular weight excluding hydrogens is 401 g/mol. The molecule has 0 saturated heterocycles. The monoisotopic (exact) mass is 417 g/mol. The summed E-state index contributed by atoms with van der Waals surface area (Å²) in [4.78, 5) is 0. The number of benzene rings is 1. The largest absolute Gasteiger partial charge is 0.324 e. The molecule has 1 atom stereocenters.